The van der Waals surface area contributed by atoms with Gasteiger partial charge in [-0.05, 0) is 13.0 Å². The molecule has 0 bridgehead atoms. The van der Waals surface area contributed by atoms with Crippen LogP contribution in [0.1, 0.15) is 17.3 Å². The van der Waals surface area contributed by atoms with Gasteiger partial charge in [-0.3, -0.25) is 14.8 Å². The molecule has 1 heterocycles. The van der Waals surface area contributed by atoms with Crippen molar-refractivity contribution >= 4 is 5.78 Å². The van der Waals surface area contributed by atoms with Gasteiger partial charge in [-0.15, -0.1) is 0 Å². The monoisotopic (exact) mass is 198 g/mol. The number of carbonyl (C=O) groups excluding carboxylic acids is 1. The lowest BCUT2D eigenvalue weighted by Gasteiger charge is -2.01. The van der Waals surface area contributed by atoms with Crippen molar-refractivity contribution in [1.29, 1.82) is 0 Å². The average Bonchev–Trinajstić information content (AvgIpc) is 2.30. The lowest BCUT2D eigenvalue weighted by Crippen LogP contribution is -1.92. The number of nitrogens with zero attached hydrogens (tertiary/aromatic N) is 2. The zero-order valence-electron chi connectivity index (χ0n) is 8.34. The second-order valence-electron chi connectivity index (χ2n) is 3.23. The topological polar surface area (TPSA) is 42.9 Å². The van der Waals surface area contributed by atoms with Crippen molar-refractivity contribution in [2.45, 2.75) is 6.92 Å². The summed E-state index contributed by atoms with van der Waals surface area (Å²) < 4.78 is 0. The number of Topliss-reactive ketones (excluding diaryl/α,β-unsaturated/α-hetero) is 1. The summed E-state index contributed by atoms with van der Waals surface area (Å²) in [6.07, 6.45) is 4.94. The Morgan fingerprint density at radius 1 is 1.27 bits per heavy atom. The van der Waals surface area contributed by atoms with Crippen molar-refractivity contribution in [3.63, 3.8) is 0 Å². The Hall–Kier alpha value is -2.03. The summed E-state index contributed by atoms with van der Waals surface area (Å²) in [5.74, 6) is 0.0562. The fourth-order valence-corrected chi connectivity index (χ4v) is 1.35. The molecule has 0 aliphatic carbocycles. The van der Waals surface area contributed by atoms with Crippen molar-refractivity contribution < 1.29 is 4.79 Å². The van der Waals surface area contributed by atoms with E-state index in [1.54, 1.807) is 31.6 Å². The highest BCUT2D eigenvalue weighted by molar-refractivity contribution is 5.95. The number of aromatic nitrogens is 2. The Kier molecular flexibility index (Phi) is 2.54. The third-order valence-electron chi connectivity index (χ3n) is 2.13. The van der Waals surface area contributed by atoms with E-state index in [2.05, 4.69) is 9.97 Å². The highest BCUT2D eigenvalue weighted by Gasteiger charge is 2.02. The Labute approximate surface area is 87.8 Å². The minimum atomic E-state index is 0.0562. The smallest absolute Gasteiger partial charge is 0.159 e. The van der Waals surface area contributed by atoms with Crippen molar-refractivity contribution in [1.82, 2.24) is 9.97 Å². The molecule has 0 atom stereocenters. The zero-order valence-corrected chi connectivity index (χ0v) is 8.34. The average molecular weight is 198 g/mol. The Morgan fingerprint density at radius 2 is 2.13 bits per heavy atom. The lowest BCUT2D eigenvalue weighted by molar-refractivity contribution is 0.101. The summed E-state index contributed by atoms with van der Waals surface area (Å²) in [5.41, 5.74) is 2.38. The van der Waals surface area contributed by atoms with Gasteiger partial charge in [0, 0.05) is 23.5 Å². The molecule has 0 spiro atoms. The van der Waals surface area contributed by atoms with Gasteiger partial charge in [0.15, 0.2) is 5.78 Å². The first-order valence-corrected chi connectivity index (χ1v) is 4.65. The molecule has 15 heavy (non-hydrogen) atoms. The fraction of sp³-hybridized carbons (Fsp3) is 0.0833. The standard InChI is InChI=1S/C12H10N2O/c1-9(15)10-3-2-4-11(7-10)12-8-13-5-6-14-12/h2-8H,1H3. The molecule has 2 aromatic rings. The Bertz CT molecular complexity index is 480. The van der Waals surface area contributed by atoms with Crippen LogP contribution in [0.2, 0.25) is 0 Å². The van der Waals surface area contributed by atoms with Gasteiger partial charge in [0.2, 0.25) is 0 Å². The van der Waals surface area contributed by atoms with Crippen LogP contribution in [0.5, 0.6) is 0 Å². The van der Waals surface area contributed by atoms with E-state index >= 15 is 0 Å². The molecular formula is C12H10N2O. The van der Waals surface area contributed by atoms with Crippen LogP contribution in [-0.4, -0.2) is 15.8 Å². The van der Waals surface area contributed by atoms with Crippen LogP contribution in [0.25, 0.3) is 11.3 Å². The third kappa shape index (κ3) is 2.07. The minimum absolute atomic E-state index is 0.0562. The van der Waals surface area contributed by atoms with Crippen LogP contribution in [0.3, 0.4) is 0 Å². The Morgan fingerprint density at radius 3 is 2.80 bits per heavy atom. The van der Waals surface area contributed by atoms with Gasteiger partial charge in [0.25, 0.3) is 0 Å². The zero-order chi connectivity index (χ0) is 10.7. The molecular weight excluding hydrogens is 188 g/mol. The van der Waals surface area contributed by atoms with E-state index in [1.807, 2.05) is 18.2 Å². The maximum atomic E-state index is 11.2. The van der Waals surface area contributed by atoms with E-state index < -0.39 is 0 Å². The summed E-state index contributed by atoms with van der Waals surface area (Å²) in [5, 5.41) is 0. The highest BCUT2D eigenvalue weighted by atomic mass is 16.1. The van der Waals surface area contributed by atoms with Crippen LogP contribution >= 0.6 is 0 Å². The molecule has 0 saturated heterocycles. The quantitative estimate of drug-likeness (QED) is 0.695. The molecule has 74 valence electrons. The van der Waals surface area contributed by atoms with Crippen molar-refractivity contribution in [2.75, 3.05) is 0 Å². The van der Waals surface area contributed by atoms with E-state index in [1.165, 1.54) is 0 Å². The largest absolute Gasteiger partial charge is 0.295 e. The molecule has 0 radical (unpaired) electrons. The third-order valence-corrected chi connectivity index (χ3v) is 2.13. The van der Waals surface area contributed by atoms with Crippen LogP contribution in [0.15, 0.2) is 42.9 Å². The number of rotatable bonds is 2. The van der Waals surface area contributed by atoms with Gasteiger partial charge in [0.1, 0.15) is 0 Å². The van der Waals surface area contributed by atoms with Gasteiger partial charge in [0.05, 0.1) is 11.9 Å². The molecule has 3 heteroatoms. The molecule has 0 N–H and O–H groups in total. The first kappa shape index (κ1) is 9.52. The number of ketones is 1. The molecule has 0 fully saturated rings. The molecule has 0 amide bonds. The lowest BCUT2D eigenvalue weighted by atomic mass is 10.1. The Balaban J connectivity index is 2.46. The first-order valence-electron chi connectivity index (χ1n) is 4.65. The predicted molar refractivity (Wildman–Crippen MR) is 57.5 cm³/mol. The summed E-state index contributed by atoms with van der Waals surface area (Å²) in [6, 6.07) is 7.38. The maximum absolute atomic E-state index is 11.2. The van der Waals surface area contributed by atoms with Gasteiger partial charge in [-0.25, -0.2) is 0 Å². The van der Waals surface area contributed by atoms with E-state index in [0.717, 1.165) is 11.3 Å². The van der Waals surface area contributed by atoms with Crippen LogP contribution in [0, 0.1) is 0 Å². The van der Waals surface area contributed by atoms with Crippen molar-refractivity contribution in [3.05, 3.63) is 48.4 Å². The number of hydrogen-bond donors (Lipinski definition) is 0. The molecule has 2 rings (SSSR count). The summed E-state index contributed by atoms with van der Waals surface area (Å²) in [4.78, 5) is 19.4. The summed E-state index contributed by atoms with van der Waals surface area (Å²) >= 11 is 0. The van der Waals surface area contributed by atoms with Crippen molar-refractivity contribution in [2.24, 2.45) is 0 Å². The highest BCUT2D eigenvalue weighted by Crippen LogP contribution is 2.16. The first-order chi connectivity index (χ1) is 7.27. The fourth-order valence-electron chi connectivity index (χ4n) is 1.35. The van der Waals surface area contributed by atoms with Crippen LogP contribution in [0.4, 0.5) is 0 Å². The van der Waals surface area contributed by atoms with Gasteiger partial charge in [-0.1, -0.05) is 18.2 Å². The molecule has 1 aromatic heterocycles. The molecule has 0 saturated carbocycles. The maximum Gasteiger partial charge on any atom is 0.159 e. The molecule has 1 aromatic carbocycles. The molecule has 0 aliphatic heterocycles. The van der Waals surface area contributed by atoms with E-state index in [-0.39, 0.29) is 5.78 Å². The molecule has 0 unspecified atom stereocenters. The predicted octanol–water partition coefficient (Wildman–Crippen LogP) is 2.35. The van der Waals surface area contributed by atoms with Crippen LogP contribution < -0.4 is 0 Å². The molecule has 3 nitrogen and oxygen atoms in total. The second-order valence-corrected chi connectivity index (χ2v) is 3.23. The second kappa shape index (κ2) is 4.00. The van der Waals surface area contributed by atoms with E-state index in [9.17, 15) is 4.79 Å². The van der Waals surface area contributed by atoms with Gasteiger partial charge < -0.3 is 0 Å². The normalized spacial score (nSPS) is 9.93. The molecule has 0 aliphatic rings. The number of benzene rings is 1. The van der Waals surface area contributed by atoms with E-state index in [0.29, 0.717) is 5.56 Å². The summed E-state index contributed by atoms with van der Waals surface area (Å²) in [6.45, 7) is 1.55. The number of carbonyl (C=O) groups is 1. The minimum Gasteiger partial charge on any atom is -0.295 e. The van der Waals surface area contributed by atoms with Gasteiger partial charge in [-0.2, -0.15) is 0 Å². The number of hydrogen-bond acceptors (Lipinski definition) is 3. The summed E-state index contributed by atoms with van der Waals surface area (Å²) in [7, 11) is 0. The van der Waals surface area contributed by atoms with Gasteiger partial charge >= 0.3 is 0 Å². The van der Waals surface area contributed by atoms with E-state index in [4.69, 9.17) is 0 Å². The van der Waals surface area contributed by atoms with Crippen LogP contribution in [-0.2, 0) is 0 Å². The SMILES string of the molecule is CC(=O)c1cccc(-c2cnccn2)c1. The van der Waals surface area contributed by atoms with Crippen molar-refractivity contribution in [3.8, 4) is 11.3 Å².